The summed E-state index contributed by atoms with van der Waals surface area (Å²) < 4.78 is 5.53. The van der Waals surface area contributed by atoms with Crippen molar-refractivity contribution in [2.45, 2.75) is 13.0 Å². The number of hydrogen-bond acceptors (Lipinski definition) is 5. The predicted octanol–water partition coefficient (Wildman–Crippen LogP) is 3.10. The lowest BCUT2D eigenvalue weighted by Gasteiger charge is -2.14. The number of hydrogen-bond donors (Lipinski definition) is 2. The van der Waals surface area contributed by atoms with Crippen LogP contribution in [-0.4, -0.2) is 29.6 Å². The molecule has 152 valence electrons. The first kappa shape index (κ1) is 20.7. The standard InChI is InChI=1S/C23H22N4O3/c1-17(19-6-3-2-4-7-19)26-22(28)16-30-21-11-9-18(10-12-21)14-25-27-23(29)20-8-5-13-24-15-20/h2-15,17H,16H2,1H3,(H,26,28)(H,27,29)/b25-14-/t17-/m1/s1. The second kappa shape index (κ2) is 10.5. The van der Waals surface area contributed by atoms with Crippen LogP contribution < -0.4 is 15.5 Å². The number of pyridine rings is 1. The lowest BCUT2D eigenvalue weighted by atomic mass is 10.1. The minimum absolute atomic E-state index is 0.0776. The van der Waals surface area contributed by atoms with Crippen molar-refractivity contribution in [2.24, 2.45) is 5.10 Å². The van der Waals surface area contributed by atoms with Gasteiger partial charge in [-0.25, -0.2) is 5.43 Å². The van der Waals surface area contributed by atoms with Gasteiger partial charge >= 0.3 is 0 Å². The number of rotatable bonds is 8. The molecule has 30 heavy (non-hydrogen) atoms. The van der Waals surface area contributed by atoms with Crippen LogP contribution in [0, 0.1) is 0 Å². The molecule has 0 aliphatic rings. The van der Waals surface area contributed by atoms with E-state index in [4.69, 9.17) is 4.74 Å². The maximum absolute atomic E-state index is 12.1. The molecule has 0 radical (unpaired) electrons. The van der Waals surface area contributed by atoms with Crippen LogP contribution in [0.2, 0.25) is 0 Å². The van der Waals surface area contributed by atoms with E-state index in [-0.39, 0.29) is 24.5 Å². The molecular formula is C23H22N4O3. The quantitative estimate of drug-likeness (QED) is 0.447. The number of amides is 2. The van der Waals surface area contributed by atoms with E-state index in [1.54, 1.807) is 42.6 Å². The Morgan fingerprint density at radius 1 is 1.07 bits per heavy atom. The molecule has 3 rings (SSSR count). The van der Waals surface area contributed by atoms with Gasteiger partial charge in [-0.2, -0.15) is 5.10 Å². The normalized spacial score (nSPS) is 11.6. The molecule has 0 fully saturated rings. The highest BCUT2D eigenvalue weighted by atomic mass is 16.5. The zero-order valence-electron chi connectivity index (χ0n) is 16.5. The molecular weight excluding hydrogens is 380 g/mol. The zero-order valence-corrected chi connectivity index (χ0v) is 16.5. The van der Waals surface area contributed by atoms with Crippen LogP contribution in [-0.2, 0) is 4.79 Å². The van der Waals surface area contributed by atoms with Crippen molar-refractivity contribution in [3.63, 3.8) is 0 Å². The molecule has 1 atom stereocenters. The number of aromatic nitrogens is 1. The molecule has 2 amide bonds. The van der Waals surface area contributed by atoms with E-state index in [9.17, 15) is 9.59 Å². The van der Waals surface area contributed by atoms with Gasteiger partial charge < -0.3 is 10.1 Å². The zero-order chi connectivity index (χ0) is 21.2. The molecule has 2 N–H and O–H groups in total. The Balaban J connectivity index is 1.44. The number of carbonyl (C=O) groups is 2. The molecule has 1 heterocycles. The van der Waals surface area contributed by atoms with Gasteiger partial charge in [0.05, 0.1) is 17.8 Å². The summed E-state index contributed by atoms with van der Waals surface area (Å²) in [6, 6.07) is 20.0. The third-order valence-electron chi connectivity index (χ3n) is 4.23. The van der Waals surface area contributed by atoms with E-state index in [2.05, 4.69) is 20.8 Å². The third-order valence-corrected chi connectivity index (χ3v) is 4.23. The van der Waals surface area contributed by atoms with Gasteiger partial charge in [0.25, 0.3) is 11.8 Å². The van der Waals surface area contributed by atoms with Crippen LogP contribution in [0.1, 0.15) is 34.5 Å². The van der Waals surface area contributed by atoms with Crippen LogP contribution in [0.15, 0.2) is 84.2 Å². The summed E-state index contributed by atoms with van der Waals surface area (Å²) in [5.41, 5.74) is 4.68. The lowest BCUT2D eigenvalue weighted by molar-refractivity contribution is -0.123. The first-order chi connectivity index (χ1) is 14.6. The van der Waals surface area contributed by atoms with Gasteiger partial charge in [0.2, 0.25) is 0 Å². The molecule has 7 nitrogen and oxygen atoms in total. The predicted molar refractivity (Wildman–Crippen MR) is 114 cm³/mol. The molecule has 0 bridgehead atoms. The van der Waals surface area contributed by atoms with E-state index < -0.39 is 0 Å². The van der Waals surface area contributed by atoms with Crippen molar-refractivity contribution in [3.05, 3.63) is 95.8 Å². The highest BCUT2D eigenvalue weighted by Gasteiger charge is 2.09. The molecule has 0 aliphatic carbocycles. The maximum atomic E-state index is 12.1. The average Bonchev–Trinajstić information content (AvgIpc) is 2.79. The van der Waals surface area contributed by atoms with Gasteiger partial charge in [0.1, 0.15) is 5.75 Å². The fourth-order valence-electron chi connectivity index (χ4n) is 2.63. The number of carbonyl (C=O) groups excluding carboxylic acids is 2. The van der Waals surface area contributed by atoms with Gasteiger partial charge in [-0.15, -0.1) is 0 Å². The summed E-state index contributed by atoms with van der Waals surface area (Å²) in [6.07, 6.45) is 4.58. The molecule has 1 aromatic heterocycles. The highest BCUT2D eigenvalue weighted by molar-refractivity contribution is 5.94. The van der Waals surface area contributed by atoms with Crippen LogP contribution in [0.4, 0.5) is 0 Å². The first-order valence-electron chi connectivity index (χ1n) is 9.42. The van der Waals surface area contributed by atoms with E-state index in [0.29, 0.717) is 11.3 Å². The van der Waals surface area contributed by atoms with Crippen molar-refractivity contribution in [1.29, 1.82) is 0 Å². The molecule has 0 spiro atoms. The largest absolute Gasteiger partial charge is 0.484 e. The minimum Gasteiger partial charge on any atom is -0.484 e. The van der Waals surface area contributed by atoms with Gasteiger partial charge in [-0.3, -0.25) is 14.6 Å². The van der Waals surface area contributed by atoms with E-state index in [0.717, 1.165) is 11.1 Å². The Kier molecular flexibility index (Phi) is 7.27. The summed E-state index contributed by atoms with van der Waals surface area (Å²) in [5.74, 6) is 0.0270. The van der Waals surface area contributed by atoms with Crippen molar-refractivity contribution in [3.8, 4) is 5.75 Å². The molecule has 0 saturated carbocycles. The average molecular weight is 402 g/mol. The van der Waals surface area contributed by atoms with Crippen LogP contribution in [0.25, 0.3) is 0 Å². The molecule has 7 heteroatoms. The molecule has 0 aliphatic heterocycles. The summed E-state index contributed by atoms with van der Waals surface area (Å²) in [5, 5.41) is 6.83. The number of ether oxygens (including phenoxy) is 1. The third kappa shape index (κ3) is 6.27. The van der Waals surface area contributed by atoms with Gasteiger partial charge in [-0.1, -0.05) is 30.3 Å². The van der Waals surface area contributed by atoms with Gasteiger partial charge in [0, 0.05) is 12.4 Å². The summed E-state index contributed by atoms with van der Waals surface area (Å²) in [4.78, 5) is 27.9. The number of benzene rings is 2. The topological polar surface area (TPSA) is 92.7 Å². The fraction of sp³-hybridized carbons (Fsp3) is 0.130. The SMILES string of the molecule is C[C@@H](NC(=O)COc1ccc(/C=N\NC(=O)c2cccnc2)cc1)c1ccccc1. The Hall–Kier alpha value is -4.00. The molecule has 3 aromatic rings. The van der Waals surface area contributed by atoms with Crippen molar-refractivity contribution < 1.29 is 14.3 Å². The Morgan fingerprint density at radius 3 is 2.53 bits per heavy atom. The van der Waals surface area contributed by atoms with E-state index >= 15 is 0 Å². The van der Waals surface area contributed by atoms with Crippen molar-refractivity contribution in [1.82, 2.24) is 15.7 Å². The van der Waals surface area contributed by atoms with Crippen molar-refractivity contribution in [2.75, 3.05) is 6.61 Å². The highest BCUT2D eigenvalue weighted by Crippen LogP contribution is 2.13. The minimum atomic E-state index is -0.338. The van der Waals surface area contributed by atoms with E-state index in [1.807, 2.05) is 37.3 Å². The summed E-state index contributed by atoms with van der Waals surface area (Å²) >= 11 is 0. The summed E-state index contributed by atoms with van der Waals surface area (Å²) in [6.45, 7) is 1.85. The smallest absolute Gasteiger partial charge is 0.272 e. The maximum Gasteiger partial charge on any atom is 0.272 e. The number of hydrazone groups is 1. The van der Waals surface area contributed by atoms with E-state index in [1.165, 1.54) is 12.4 Å². The summed E-state index contributed by atoms with van der Waals surface area (Å²) in [7, 11) is 0. The Labute approximate surface area is 174 Å². The lowest BCUT2D eigenvalue weighted by Crippen LogP contribution is -2.31. The van der Waals surface area contributed by atoms with Gasteiger partial charge in [-0.05, 0) is 54.4 Å². The molecule has 0 saturated heterocycles. The molecule has 0 unspecified atom stereocenters. The second-order valence-electron chi connectivity index (χ2n) is 6.50. The number of nitrogens with zero attached hydrogens (tertiary/aromatic N) is 2. The van der Waals surface area contributed by atoms with Crippen LogP contribution in [0.5, 0.6) is 5.75 Å². The molecule has 2 aromatic carbocycles. The van der Waals surface area contributed by atoms with Crippen molar-refractivity contribution >= 4 is 18.0 Å². The Morgan fingerprint density at radius 2 is 1.83 bits per heavy atom. The Bertz CT molecular complexity index is 990. The van der Waals surface area contributed by atoms with Crippen LogP contribution in [0.3, 0.4) is 0 Å². The first-order valence-corrected chi connectivity index (χ1v) is 9.42. The van der Waals surface area contributed by atoms with Gasteiger partial charge in [0.15, 0.2) is 6.61 Å². The second-order valence-corrected chi connectivity index (χ2v) is 6.50. The van der Waals surface area contributed by atoms with Crippen LogP contribution >= 0.6 is 0 Å². The fourth-order valence-corrected chi connectivity index (χ4v) is 2.63. The number of nitrogens with one attached hydrogen (secondary N) is 2. The monoisotopic (exact) mass is 402 g/mol.